The molecule has 15 heavy (non-hydrogen) atoms. The number of aliphatic carboxylic acids is 1. The number of hydrogen-bond donors (Lipinski definition) is 2. The predicted octanol–water partition coefficient (Wildman–Crippen LogP) is 2.24. The lowest BCUT2D eigenvalue weighted by atomic mass is 10.3. The number of halogens is 1. The first-order chi connectivity index (χ1) is 7.13. The number of carbonyl (C=O) groups is 1. The molecule has 0 aliphatic rings. The van der Waals surface area contributed by atoms with E-state index in [0.29, 0.717) is 23.0 Å². The fourth-order valence-corrected chi connectivity index (χ4v) is 1.31. The Morgan fingerprint density at radius 2 is 2.33 bits per heavy atom. The van der Waals surface area contributed by atoms with Crippen LogP contribution in [0.2, 0.25) is 5.02 Å². The van der Waals surface area contributed by atoms with Crippen LogP contribution in [0.1, 0.15) is 6.42 Å². The lowest BCUT2D eigenvalue weighted by molar-refractivity contribution is -0.136. The number of carboxylic acids is 1. The van der Waals surface area contributed by atoms with E-state index in [9.17, 15) is 4.79 Å². The van der Waals surface area contributed by atoms with Crippen LogP contribution in [0.15, 0.2) is 18.2 Å². The summed E-state index contributed by atoms with van der Waals surface area (Å²) in [5.74, 6) is -0.170. The minimum atomic E-state index is -0.841. The molecule has 5 heteroatoms. The number of methoxy groups -OCH3 is 1. The van der Waals surface area contributed by atoms with Crippen LogP contribution < -0.4 is 10.1 Å². The summed E-state index contributed by atoms with van der Waals surface area (Å²) in [6.07, 6.45) is 0.0579. The number of carboxylic acid groups (broad SMARTS) is 1. The highest BCUT2D eigenvalue weighted by Gasteiger charge is 2.02. The van der Waals surface area contributed by atoms with E-state index in [1.165, 1.54) is 0 Å². The SMILES string of the molecule is COc1ccc(NCCC(=O)O)c(Cl)c1. The van der Waals surface area contributed by atoms with Crippen LogP contribution in [0.25, 0.3) is 0 Å². The van der Waals surface area contributed by atoms with Crippen molar-refractivity contribution >= 4 is 23.3 Å². The lowest BCUT2D eigenvalue weighted by Gasteiger charge is -2.08. The maximum absolute atomic E-state index is 10.3. The van der Waals surface area contributed by atoms with Gasteiger partial charge in [-0.1, -0.05) is 11.6 Å². The molecular weight excluding hydrogens is 218 g/mol. The first-order valence-corrected chi connectivity index (χ1v) is 4.80. The molecule has 0 aliphatic heterocycles. The van der Waals surface area contributed by atoms with Gasteiger partial charge < -0.3 is 15.2 Å². The maximum atomic E-state index is 10.3. The highest BCUT2D eigenvalue weighted by molar-refractivity contribution is 6.33. The lowest BCUT2D eigenvalue weighted by Crippen LogP contribution is -2.07. The Labute approximate surface area is 92.8 Å². The number of rotatable bonds is 5. The van der Waals surface area contributed by atoms with Gasteiger partial charge in [-0.15, -0.1) is 0 Å². The summed E-state index contributed by atoms with van der Waals surface area (Å²) in [5, 5.41) is 11.9. The summed E-state index contributed by atoms with van der Waals surface area (Å²) in [6, 6.07) is 5.18. The molecule has 2 N–H and O–H groups in total. The van der Waals surface area contributed by atoms with Gasteiger partial charge in [0.1, 0.15) is 5.75 Å². The second kappa shape index (κ2) is 5.46. The van der Waals surface area contributed by atoms with Crippen LogP contribution in [0.3, 0.4) is 0 Å². The molecule has 0 unspecified atom stereocenters. The van der Waals surface area contributed by atoms with E-state index >= 15 is 0 Å². The van der Waals surface area contributed by atoms with Crippen molar-refractivity contribution in [3.63, 3.8) is 0 Å². The van der Waals surface area contributed by atoms with Gasteiger partial charge >= 0.3 is 5.97 Å². The molecule has 0 amide bonds. The monoisotopic (exact) mass is 229 g/mol. The third-order valence-corrected chi connectivity index (χ3v) is 2.14. The van der Waals surface area contributed by atoms with Crippen molar-refractivity contribution in [3.8, 4) is 5.75 Å². The fourth-order valence-electron chi connectivity index (χ4n) is 1.07. The van der Waals surface area contributed by atoms with Crippen molar-refractivity contribution in [2.24, 2.45) is 0 Å². The Balaban J connectivity index is 2.58. The zero-order chi connectivity index (χ0) is 11.3. The molecular formula is C10H12ClNO3. The van der Waals surface area contributed by atoms with Crippen molar-refractivity contribution in [1.82, 2.24) is 0 Å². The smallest absolute Gasteiger partial charge is 0.305 e. The molecule has 0 aliphatic carbocycles. The van der Waals surface area contributed by atoms with Gasteiger partial charge in [-0.25, -0.2) is 0 Å². The highest BCUT2D eigenvalue weighted by Crippen LogP contribution is 2.26. The Morgan fingerprint density at radius 3 is 2.87 bits per heavy atom. The largest absolute Gasteiger partial charge is 0.497 e. The second-order valence-corrected chi connectivity index (χ2v) is 3.32. The van der Waals surface area contributed by atoms with E-state index in [1.54, 1.807) is 25.3 Å². The molecule has 4 nitrogen and oxygen atoms in total. The van der Waals surface area contributed by atoms with Gasteiger partial charge in [0.2, 0.25) is 0 Å². The zero-order valence-corrected chi connectivity index (χ0v) is 9.04. The summed E-state index contributed by atoms with van der Waals surface area (Å²) in [4.78, 5) is 10.3. The molecule has 0 atom stereocenters. The standard InChI is InChI=1S/C10H12ClNO3/c1-15-7-2-3-9(8(11)6-7)12-5-4-10(13)14/h2-3,6,12H,4-5H2,1H3,(H,13,14). The quantitative estimate of drug-likeness (QED) is 0.813. The average Bonchev–Trinajstić information content (AvgIpc) is 2.20. The Kier molecular flexibility index (Phi) is 4.24. The summed E-state index contributed by atoms with van der Waals surface area (Å²) in [7, 11) is 1.56. The summed E-state index contributed by atoms with van der Waals surface area (Å²) >= 11 is 5.93. The number of hydrogen-bond acceptors (Lipinski definition) is 3. The predicted molar refractivity (Wildman–Crippen MR) is 58.7 cm³/mol. The molecule has 0 heterocycles. The van der Waals surface area contributed by atoms with Crippen LogP contribution in [-0.2, 0) is 4.79 Å². The molecule has 1 aromatic rings. The van der Waals surface area contributed by atoms with Crippen LogP contribution in [0.4, 0.5) is 5.69 Å². The van der Waals surface area contributed by atoms with Crippen molar-refractivity contribution < 1.29 is 14.6 Å². The first kappa shape index (κ1) is 11.7. The van der Waals surface area contributed by atoms with Crippen molar-refractivity contribution in [2.45, 2.75) is 6.42 Å². The van der Waals surface area contributed by atoms with Crippen molar-refractivity contribution in [3.05, 3.63) is 23.2 Å². The molecule has 0 bridgehead atoms. The average molecular weight is 230 g/mol. The second-order valence-electron chi connectivity index (χ2n) is 2.92. The Morgan fingerprint density at radius 1 is 1.60 bits per heavy atom. The minimum absolute atomic E-state index is 0.0579. The van der Waals surface area contributed by atoms with E-state index in [2.05, 4.69) is 5.32 Å². The molecule has 0 saturated carbocycles. The fraction of sp³-hybridized carbons (Fsp3) is 0.300. The van der Waals surface area contributed by atoms with E-state index in [0.717, 1.165) is 0 Å². The molecule has 0 aromatic heterocycles. The number of nitrogens with one attached hydrogen (secondary N) is 1. The summed E-state index contributed by atoms with van der Waals surface area (Å²) in [6.45, 7) is 0.349. The van der Waals surface area contributed by atoms with Crippen LogP contribution >= 0.6 is 11.6 Å². The van der Waals surface area contributed by atoms with E-state index < -0.39 is 5.97 Å². The molecule has 82 valence electrons. The van der Waals surface area contributed by atoms with Crippen molar-refractivity contribution in [1.29, 1.82) is 0 Å². The van der Waals surface area contributed by atoms with E-state index in [4.69, 9.17) is 21.4 Å². The molecule has 0 fully saturated rings. The first-order valence-electron chi connectivity index (χ1n) is 4.42. The molecule has 0 radical (unpaired) electrons. The third kappa shape index (κ3) is 3.67. The topological polar surface area (TPSA) is 58.6 Å². The summed E-state index contributed by atoms with van der Waals surface area (Å²) < 4.78 is 4.99. The normalized spacial score (nSPS) is 9.73. The number of benzene rings is 1. The van der Waals surface area contributed by atoms with E-state index in [1.807, 2.05) is 0 Å². The van der Waals surface area contributed by atoms with Gasteiger partial charge in [-0.2, -0.15) is 0 Å². The molecule has 1 rings (SSSR count). The summed E-state index contributed by atoms with van der Waals surface area (Å²) in [5.41, 5.74) is 0.707. The Bertz CT molecular complexity index is 355. The van der Waals surface area contributed by atoms with Gasteiger partial charge in [-0.3, -0.25) is 4.79 Å². The molecule has 0 saturated heterocycles. The van der Waals surface area contributed by atoms with Crippen LogP contribution in [0, 0.1) is 0 Å². The van der Waals surface area contributed by atoms with Gasteiger partial charge in [-0.05, 0) is 12.1 Å². The Hall–Kier alpha value is -1.42. The van der Waals surface area contributed by atoms with Gasteiger partial charge in [0.25, 0.3) is 0 Å². The molecule has 1 aromatic carbocycles. The van der Waals surface area contributed by atoms with Crippen molar-refractivity contribution in [2.75, 3.05) is 19.0 Å². The van der Waals surface area contributed by atoms with Crippen LogP contribution in [0.5, 0.6) is 5.75 Å². The number of ether oxygens (including phenoxy) is 1. The van der Waals surface area contributed by atoms with Gasteiger partial charge in [0.05, 0.1) is 24.2 Å². The molecule has 0 spiro atoms. The maximum Gasteiger partial charge on any atom is 0.305 e. The number of anilines is 1. The zero-order valence-electron chi connectivity index (χ0n) is 8.29. The van der Waals surface area contributed by atoms with Crippen LogP contribution in [-0.4, -0.2) is 24.7 Å². The minimum Gasteiger partial charge on any atom is -0.497 e. The van der Waals surface area contributed by atoms with E-state index in [-0.39, 0.29) is 6.42 Å². The highest BCUT2D eigenvalue weighted by atomic mass is 35.5. The van der Waals surface area contributed by atoms with Gasteiger partial charge in [0.15, 0.2) is 0 Å². The van der Waals surface area contributed by atoms with Gasteiger partial charge in [0, 0.05) is 12.6 Å². The third-order valence-electron chi connectivity index (χ3n) is 1.83.